The third-order valence-electron chi connectivity index (χ3n) is 4.20. The lowest BCUT2D eigenvalue weighted by Gasteiger charge is -2.10. The molecule has 0 spiro atoms. The van der Waals surface area contributed by atoms with Crippen molar-refractivity contribution < 1.29 is 13.2 Å². The van der Waals surface area contributed by atoms with Gasteiger partial charge in [0.1, 0.15) is 5.75 Å². The number of rotatable bonds is 5. The molecule has 1 unspecified atom stereocenters. The van der Waals surface area contributed by atoms with Crippen LogP contribution in [0.25, 0.3) is 10.8 Å². The molecule has 2 aromatic carbocycles. The molecule has 1 saturated heterocycles. The molecule has 1 fully saturated rings. The molecule has 0 aliphatic carbocycles. The topological polar surface area (TPSA) is 55.4 Å². The van der Waals surface area contributed by atoms with Crippen molar-refractivity contribution in [1.82, 2.24) is 5.32 Å². The van der Waals surface area contributed by atoms with E-state index in [2.05, 4.69) is 29.6 Å². The molecule has 126 valence electrons. The maximum atomic E-state index is 11.4. The highest BCUT2D eigenvalue weighted by molar-refractivity contribution is 7.91. The van der Waals surface area contributed by atoms with Crippen LogP contribution < -0.4 is 10.1 Å². The third kappa shape index (κ3) is 4.59. The van der Waals surface area contributed by atoms with E-state index in [1.54, 1.807) is 7.11 Å². The summed E-state index contributed by atoms with van der Waals surface area (Å²) in [7, 11) is -1.11. The van der Waals surface area contributed by atoms with E-state index in [0.29, 0.717) is 11.5 Å². The molecule has 0 radical (unpaired) electrons. The summed E-state index contributed by atoms with van der Waals surface area (Å²) in [6.45, 7) is 1.53. The van der Waals surface area contributed by atoms with E-state index in [4.69, 9.17) is 4.74 Å². The zero-order valence-electron chi connectivity index (χ0n) is 13.1. The van der Waals surface area contributed by atoms with Crippen LogP contribution in [0.5, 0.6) is 5.75 Å². The summed E-state index contributed by atoms with van der Waals surface area (Å²) in [6, 6.07) is 12.4. The fourth-order valence-corrected chi connectivity index (χ4v) is 4.83. The van der Waals surface area contributed by atoms with E-state index in [1.807, 2.05) is 12.1 Å². The zero-order valence-corrected chi connectivity index (χ0v) is 14.8. The molecule has 1 atom stereocenters. The number of sulfone groups is 1. The summed E-state index contributed by atoms with van der Waals surface area (Å²) in [5.41, 5.74) is 1.21. The minimum Gasteiger partial charge on any atom is -0.497 e. The Morgan fingerprint density at radius 2 is 1.91 bits per heavy atom. The van der Waals surface area contributed by atoms with Crippen LogP contribution in [-0.2, 0) is 16.4 Å². The smallest absolute Gasteiger partial charge is 0.150 e. The molecule has 23 heavy (non-hydrogen) atoms. The van der Waals surface area contributed by atoms with Crippen LogP contribution in [0.4, 0.5) is 0 Å². The van der Waals surface area contributed by atoms with Crippen LogP contribution in [0.15, 0.2) is 36.4 Å². The van der Waals surface area contributed by atoms with Crippen LogP contribution >= 0.6 is 12.4 Å². The molecule has 0 bridgehead atoms. The van der Waals surface area contributed by atoms with E-state index in [-0.39, 0.29) is 18.3 Å². The molecule has 1 aliphatic heterocycles. The second-order valence-electron chi connectivity index (χ2n) is 5.95. The first-order valence-electron chi connectivity index (χ1n) is 7.53. The maximum Gasteiger partial charge on any atom is 0.150 e. The maximum absolute atomic E-state index is 11.4. The van der Waals surface area contributed by atoms with Gasteiger partial charge in [-0.05, 0) is 53.4 Å². The first-order valence-corrected chi connectivity index (χ1v) is 9.36. The van der Waals surface area contributed by atoms with Crippen LogP contribution in [0.3, 0.4) is 0 Å². The van der Waals surface area contributed by atoms with Crippen molar-refractivity contribution in [3.63, 3.8) is 0 Å². The van der Waals surface area contributed by atoms with Crippen molar-refractivity contribution in [1.29, 1.82) is 0 Å². The first-order chi connectivity index (χ1) is 10.6. The Kier molecular flexibility index (Phi) is 5.89. The molecule has 3 rings (SSSR count). The second-order valence-corrected chi connectivity index (χ2v) is 8.18. The van der Waals surface area contributed by atoms with Crippen molar-refractivity contribution in [2.45, 2.75) is 13.0 Å². The first kappa shape index (κ1) is 18.0. The van der Waals surface area contributed by atoms with Crippen LogP contribution in [0, 0.1) is 5.92 Å². The highest BCUT2D eigenvalue weighted by Gasteiger charge is 2.27. The van der Waals surface area contributed by atoms with Crippen LogP contribution in [0.2, 0.25) is 0 Å². The Morgan fingerprint density at radius 1 is 1.17 bits per heavy atom. The largest absolute Gasteiger partial charge is 0.497 e. The predicted octanol–water partition coefficient (Wildman–Crippen LogP) is 2.79. The van der Waals surface area contributed by atoms with Crippen molar-refractivity contribution in [2.24, 2.45) is 5.92 Å². The van der Waals surface area contributed by atoms with Gasteiger partial charge in [0.25, 0.3) is 0 Å². The van der Waals surface area contributed by atoms with Crippen molar-refractivity contribution >= 4 is 33.0 Å². The lowest BCUT2D eigenvalue weighted by Crippen LogP contribution is -2.23. The Labute approximate surface area is 143 Å². The average Bonchev–Trinajstić information content (AvgIpc) is 2.86. The quantitative estimate of drug-likeness (QED) is 0.896. The van der Waals surface area contributed by atoms with Gasteiger partial charge in [0.05, 0.1) is 18.6 Å². The van der Waals surface area contributed by atoms with Gasteiger partial charge in [-0.2, -0.15) is 0 Å². The molecule has 0 saturated carbocycles. The Bertz CT molecular complexity index is 777. The van der Waals surface area contributed by atoms with Crippen molar-refractivity contribution in [3.05, 3.63) is 42.0 Å². The highest BCUT2D eigenvalue weighted by atomic mass is 35.5. The summed E-state index contributed by atoms with van der Waals surface area (Å²) in [6.07, 6.45) is 0.785. The van der Waals surface area contributed by atoms with Crippen molar-refractivity contribution in [2.75, 3.05) is 25.2 Å². The minimum atomic E-state index is -2.78. The molecule has 1 heterocycles. The number of methoxy groups -OCH3 is 1. The van der Waals surface area contributed by atoms with Gasteiger partial charge >= 0.3 is 0 Å². The summed E-state index contributed by atoms with van der Waals surface area (Å²) < 4.78 is 28.1. The molecule has 4 nitrogen and oxygen atoms in total. The van der Waals surface area contributed by atoms with Gasteiger partial charge in [0, 0.05) is 6.54 Å². The average molecular weight is 356 g/mol. The SMILES string of the molecule is COc1ccc2cc(CNCC3CCS(=O)(=O)C3)ccc2c1.Cl. The van der Waals surface area contributed by atoms with E-state index < -0.39 is 9.84 Å². The van der Waals surface area contributed by atoms with E-state index in [1.165, 1.54) is 10.9 Å². The molecule has 0 amide bonds. The number of nitrogens with one attached hydrogen (secondary N) is 1. The van der Waals surface area contributed by atoms with E-state index >= 15 is 0 Å². The number of halogens is 1. The second kappa shape index (κ2) is 7.51. The number of hydrogen-bond donors (Lipinski definition) is 1. The number of fused-ring (bicyclic) bond motifs is 1. The molecular formula is C17H22ClNO3S. The Hall–Kier alpha value is -1.30. The van der Waals surface area contributed by atoms with E-state index in [9.17, 15) is 8.42 Å². The Balaban J connectivity index is 0.00000192. The lowest BCUT2D eigenvalue weighted by atomic mass is 10.1. The van der Waals surface area contributed by atoms with Gasteiger partial charge in [-0.25, -0.2) is 8.42 Å². The normalized spacial score (nSPS) is 19.4. The van der Waals surface area contributed by atoms with Gasteiger partial charge in [0.2, 0.25) is 0 Å². The summed E-state index contributed by atoms with van der Waals surface area (Å²) in [5, 5.41) is 5.72. The third-order valence-corrected chi connectivity index (χ3v) is 6.04. The van der Waals surface area contributed by atoms with Gasteiger partial charge in [-0.15, -0.1) is 12.4 Å². The molecule has 0 aromatic heterocycles. The van der Waals surface area contributed by atoms with E-state index in [0.717, 1.165) is 30.6 Å². The van der Waals surface area contributed by atoms with Gasteiger partial charge in [0.15, 0.2) is 9.84 Å². The summed E-state index contributed by atoms with van der Waals surface area (Å²) in [5.74, 6) is 1.80. The fraction of sp³-hybridized carbons (Fsp3) is 0.412. The highest BCUT2D eigenvalue weighted by Crippen LogP contribution is 2.22. The number of ether oxygens (including phenoxy) is 1. The number of benzene rings is 2. The Morgan fingerprint density at radius 3 is 2.61 bits per heavy atom. The fourth-order valence-electron chi connectivity index (χ4n) is 2.96. The zero-order chi connectivity index (χ0) is 15.6. The van der Waals surface area contributed by atoms with Gasteiger partial charge in [-0.3, -0.25) is 0 Å². The van der Waals surface area contributed by atoms with Crippen LogP contribution in [0.1, 0.15) is 12.0 Å². The minimum absolute atomic E-state index is 0. The summed E-state index contributed by atoms with van der Waals surface area (Å²) >= 11 is 0. The molecule has 6 heteroatoms. The summed E-state index contributed by atoms with van der Waals surface area (Å²) in [4.78, 5) is 0. The predicted molar refractivity (Wildman–Crippen MR) is 96.2 cm³/mol. The molecule has 1 N–H and O–H groups in total. The van der Waals surface area contributed by atoms with Crippen LogP contribution in [-0.4, -0.2) is 33.6 Å². The van der Waals surface area contributed by atoms with Gasteiger partial charge < -0.3 is 10.1 Å². The molecule has 2 aromatic rings. The lowest BCUT2D eigenvalue weighted by molar-refractivity contribution is 0.415. The molecular weight excluding hydrogens is 334 g/mol. The number of hydrogen-bond acceptors (Lipinski definition) is 4. The van der Waals surface area contributed by atoms with Gasteiger partial charge in [-0.1, -0.05) is 18.2 Å². The standard InChI is InChI=1S/C17H21NO3S.ClH/c1-21-17-5-4-15-8-13(2-3-16(15)9-17)10-18-11-14-6-7-22(19,20)12-14;/h2-5,8-9,14,18H,6-7,10-12H2,1H3;1H. The monoisotopic (exact) mass is 355 g/mol. The molecule has 1 aliphatic rings. The van der Waals surface area contributed by atoms with Crippen molar-refractivity contribution in [3.8, 4) is 5.75 Å².